The maximum atomic E-state index is 12.7. The molecule has 1 aromatic rings. The number of hydrogen-bond acceptors (Lipinski definition) is 5. The van der Waals surface area contributed by atoms with E-state index in [0.29, 0.717) is 19.0 Å². The van der Waals surface area contributed by atoms with Gasteiger partial charge in [0.05, 0.1) is 11.4 Å². The van der Waals surface area contributed by atoms with E-state index in [4.69, 9.17) is 11.6 Å². The van der Waals surface area contributed by atoms with Crippen LogP contribution >= 0.6 is 11.6 Å². The lowest BCUT2D eigenvalue weighted by Gasteiger charge is -2.34. The first-order chi connectivity index (χ1) is 12.5. The van der Waals surface area contributed by atoms with E-state index < -0.39 is 0 Å². The number of aliphatic hydroxyl groups is 1. The minimum Gasteiger partial charge on any atom is -0.506 e. The van der Waals surface area contributed by atoms with Gasteiger partial charge in [0.25, 0.3) is 0 Å². The highest BCUT2D eigenvalue weighted by atomic mass is 35.5. The van der Waals surface area contributed by atoms with Gasteiger partial charge in [0.2, 0.25) is 5.91 Å². The SMILES string of the molecule is CN1CCN(CC2CN(C(=O)Cc3ccc(O)c(Cl)c3)CC2CO)CC1. The lowest BCUT2D eigenvalue weighted by molar-refractivity contribution is -0.129. The van der Waals surface area contributed by atoms with Crippen molar-refractivity contribution in [2.45, 2.75) is 6.42 Å². The second-order valence-corrected chi connectivity index (χ2v) is 7.98. The van der Waals surface area contributed by atoms with Crippen LogP contribution in [-0.4, -0.2) is 90.3 Å². The number of piperazine rings is 1. The van der Waals surface area contributed by atoms with Crippen molar-refractivity contribution in [3.63, 3.8) is 0 Å². The van der Waals surface area contributed by atoms with E-state index in [1.165, 1.54) is 6.07 Å². The van der Waals surface area contributed by atoms with Crippen LogP contribution in [0.4, 0.5) is 0 Å². The van der Waals surface area contributed by atoms with Gasteiger partial charge in [0.1, 0.15) is 5.75 Å². The molecule has 6 nitrogen and oxygen atoms in total. The van der Waals surface area contributed by atoms with Crippen LogP contribution in [0.15, 0.2) is 18.2 Å². The molecule has 0 aliphatic carbocycles. The number of aliphatic hydroxyl groups excluding tert-OH is 1. The zero-order chi connectivity index (χ0) is 18.7. The molecule has 2 atom stereocenters. The fourth-order valence-electron chi connectivity index (χ4n) is 3.86. The zero-order valence-electron chi connectivity index (χ0n) is 15.3. The Balaban J connectivity index is 1.57. The number of carbonyl (C=O) groups is 1. The monoisotopic (exact) mass is 381 g/mol. The van der Waals surface area contributed by atoms with E-state index >= 15 is 0 Å². The smallest absolute Gasteiger partial charge is 0.227 e. The van der Waals surface area contributed by atoms with Crippen LogP contribution in [0.2, 0.25) is 5.02 Å². The first-order valence-corrected chi connectivity index (χ1v) is 9.61. The van der Waals surface area contributed by atoms with Crippen molar-refractivity contribution in [2.24, 2.45) is 11.8 Å². The Bertz CT molecular complexity index is 634. The molecule has 2 aliphatic rings. The maximum absolute atomic E-state index is 12.7. The molecular weight excluding hydrogens is 354 g/mol. The van der Waals surface area contributed by atoms with Gasteiger partial charge in [0.15, 0.2) is 0 Å². The standard InChI is InChI=1S/C19H28ClN3O3/c1-21-4-6-22(7-5-21)10-15-11-23(12-16(15)13-24)19(26)9-14-2-3-18(25)17(20)8-14/h2-3,8,15-16,24-25H,4-7,9-13H2,1H3. The van der Waals surface area contributed by atoms with E-state index in [1.54, 1.807) is 12.1 Å². The predicted octanol–water partition coefficient (Wildman–Crippen LogP) is 0.902. The molecule has 2 unspecified atom stereocenters. The normalized spacial score (nSPS) is 25.0. The molecule has 1 amide bonds. The number of carbonyl (C=O) groups excluding carboxylic acids is 1. The first-order valence-electron chi connectivity index (χ1n) is 9.23. The molecule has 2 fully saturated rings. The third kappa shape index (κ3) is 4.68. The number of aromatic hydroxyl groups is 1. The summed E-state index contributed by atoms with van der Waals surface area (Å²) in [6, 6.07) is 4.87. The Labute approximate surface area is 159 Å². The Kier molecular flexibility index (Phi) is 6.40. The second-order valence-electron chi connectivity index (χ2n) is 7.57. The average molecular weight is 382 g/mol. The van der Waals surface area contributed by atoms with Crippen molar-refractivity contribution in [2.75, 3.05) is 59.5 Å². The molecule has 26 heavy (non-hydrogen) atoms. The van der Waals surface area contributed by atoms with Crippen LogP contribution in [0.3, 0.4) is 0 Å². The minimum atomic E-state index is 0.0247. The highest BCUT2D eigenvalue weighted by Gasteiger charge is 2.36. The third-order valence-corrected chi connectivity index (χ3v) is 5.92. The lowest BCUT2D eigenvalue weighted by atomic mass is 9.96. The minimum absolute atomic E-state index is 0.0247. The number of phenolic OH excluding ortho intramolecular Hbond substituents is 1. The fourth-order valence-corrected chi connectivity index (χ4v) is 4.07. The number of hydrogen-bond donors (Lipinski definition) is 2. The molecular formula is C19H28ClN3O3. The Hall–Kier alpha value is -1.34. The first kappa shape index (κ1) is 19.4. The molecule has 2 aliphatic heterocycles. The quantitative estimate of drug-likeness (QED) is 0.793. The molecule has 144 valence electrons. The van der Waals surface area contributed by atoms with Crippen molar-refractivity contribution in [1.29, 1.82) is 0 Å². The van der Waals surface area contributed by atoms with Crippen molar-refractivity contribution in [3.8, 4) is 5.75 Å². The molecule has 2 heterocycles. The molecule has 0 bridgehead atoms. The predicted molar refractivity (Wildman–Crippen MR) is 101 cm³/mol. The maximum Gasteiger partial charge on any atom is 0.227 e. The summed E-state index contributed by atoms with van der Waals surface area (Å²) in [5.74, 6) is 0.528. The Morgan fingerprint density at radius 2 is 1.88 bits per heavy atom. The van der Waals surface area contributed by atoms with Gasteiger partial charge in [-0.25, -0.2) is 0 Å². The number of halogens is 1. The van der Waals surface area contributed by atoms with Crippen molar-refractivity contribution in [1.82, 2.24) is 14.7 Å². The molecule has 3 rings (SSSR count). The highest BCUT2D eigenvalue weighted by Crippen LogP contribution is 2.27. The number of rotatable bonds is 5. The van der Waals surface area contributed by atoms with E-state index in [2.05, 4.69) is 16.8 Å². The van der Waals surface area contributed by atoms with Gasteiger partial charge < -0.3 is 24.9 Å². The number of nitrogens with zero attached hydrogens (tertiary/aromatic N) is 3. The summed E-state index contributed by atoms with van der Waals surface area (Å²) in [5.41, 5.74) is 0.792. The molecule has 0 radical (unpaired) electrons. The van der Waals surface area contributed by atoms with E-state index in [0.717, 1.165) is 38.3 Å². The number of likely N-dealkylation sites (N-methyl/N-ethyl adjacent to an activating group) is 1. The summed E-state index contributed by atoms with van der Waals surface area (Å²) in [7, 11) is 2.14. The van der Waals surface area contributed by atoms with E-state index in [-0.39, 0.29) is 35.6 Å². The summed E-state index contributed by atoms with van der Waals surface area (Å²) < 4.78 is 0. The largest absolute Gasteiger partial charge is 0.506 e. The fraction of sp³-hybridized carbons (Fsp3) is 0.632. The topological polar surface area (TPSA) is 67.2 Å². The highest BCUT2D eigenvalue weighted by molar-refractivity contribution is 6.32. The number of likely N-dealkylation sites (tertiary alicyclic amines) is 1. The Morgan fingerprint density at radius 1 is 1.19 bits per heavy atom. The molecule has 2 N–H and O–H groups in total. The van der Waals surface area contributed by atoms with Crippen LogP contribution in [0.25, 0.3) is 0 Å². The van der Waals surface area contributed by atoms with Crippen LogP contribution in [0.1, 0.15) is 5.56 Å². The molecule has 2 saturated heterocycles. The summed E-state index contributed by atoms with van der Waals surface area (Å²) >= 11 is 5.93. The van der Waals surface area contributed by atoms with Crippen LogP contribution < -0.4 is 0 Å². The second kappa shape index (κ2) is 8.57. The van der Waals surface area contributed by atoms with Crippen LogP contribution in [0.5, 0.6) is 5.75 Å². The van der Waals surface area contributed by atoms with Crippen LogP contribution in [-0.2, 0) is 11.2 Å². The molecule has 7 heteroatoms. The molecule has 0 spiro atoms. The number of benzene rings is 1. The third-order valence-electron chi connectivity index (χ3n) is 5.62. The summed E-state index contributed by atoms with van der Waals surface area (Å²) in [6.07, 6.45) is 0.263. The molecule has 0 saturated carbocycles. The zero-order valence-corrected chi connectivity index (χ0v) is 16.0. The van der Waals surface area contributed by atoms with Gasteiger partial charge in [-0.3, -0.25) is 4.79 Å². The van der Waals surface area contributed by atoms with Gasteiger partial charge in [-0.1, -0.05) is 17.7 Å². The van der Waals surface area contributed by atoms with Crippen LogP contribution in [0, 0.1) is 11.8 Å². The van der Waals surface area contributed by atoms with Gasteiger partial charge in [-0.2, -0.15) is 0 Å². The Morgan fingerprint density at radius 3 is 2.54 bits per heavy atom. The van der Waals surface area contributed by atoms with Crippen molar-refractivity contribution < 1.29 is 15.0 Å². The van der Waals surface area contributed by atoms with Crippen molar-refractivity contribution in [3.05, 3.63) is 28.8 Å². The molecule has 0 aromatic heterocycles. The number of phenols is 1. The van der Waals surface area contributed by atoms with E-state index in [9.17, 15) is 15.0 Å². The van der Waals surface area contributed by atoms with Gasteiger partial charge in [0, 0.05) is 58.3 Å². The van der Waals surface area contributed by atoms with E-state index in [1.807, 2.05) is 4.90 Å². The lowest BCUT2D eigenvalue weighted by Crippen LogP contribution is -2.47. The number of amides is 1. The van der Waals surface area contributed by atoms with Crippen molar-refractivity contribution >= 4 is 17.5 Å². The molecule has 1 aromatic carbocycles. The average Bonchev–Trinajstić information content (AvgIpc) is 3.03. The van der Waals surface area contributed by atoms with Gasteiger partial charge >= 0.3 is 0 Å². The summed E-state index contributed by atoms with van der Waals surface area (Å²) in [5, 5.41) is 19.5. The summed E-state index contributed by atoms with van der Waals surface area (Å²) in [4.78, 5) is 19.3. The van der Waals surface area contributed by atoms with Gasteiger partial charge in [-0.05, 0) is 30.7 Å². The summed E-state index contributed by atoms with van der Waals surface area (Å²) in [6.45, 7) is 6.60. The van der Waals surface area contributed by atoms with Gasteiger partial charge in [-0.15, -0.1) is 0 Å².